The van der Waals surface area contributed by atoms with Crippen molar-refractivity contribution in [3.63, 3.8) is 0 Å². The van der Waals surface area contributed by atoms with Crippen molar-refractivity contribution in [2.75, 3.05) is 24.2 Å². The molecule has 0 aliphatic heterocycles. The van der Waals surface area contributed by atoms with Gasteiger partial charge in [0.2, 0.25) is 11.8 Å². The second-order valence-corrected chi connectivity index (χ2v) is 6.65. The lowest BCUT2D eigenvalue weighted by atomic mass is 10.2. The minimum Gasteiger partial charge on any atom is -0.325 e. The van der Waals surface area contributed by atoms with Gasteiger partial charge >= 0.3 is 6.18 Å². The van der Waals surface area contributed by atoms with Crippen molar-refractivity contribution in [2.45, 2.75) is 19.1 Å². The van der Waals surface area contributed by atoms with E-state index in [1.165, 1.54) is 17.0 Å². The number of likely N-dealkylation sites (N-methyl/N-ethyl adjacent to an activating group) is 1. The third-order valence-corrected chi connectivity index (χ3v) is 4.26. The van der Waals surface area contributed by atoms with Crippen molar-refractivity contribution >= 4 is 34.8 Å². The Hall–Kier alpha value is -2.58. The van der Waals surface area contributed by atoms with E-state index in [0.29, 0.717) is 10.7 Å². The topological polar surface area (TPSA) is 61.4 Å². The fourth-order valence-corrected chi connectivity index (χ4v) is 2.51. The summed E-state index contributed by atoms with van der Waals surface area (Å²) >= 11 is 5.86. The number of hydrogen-bond acceptors (Lipinski definition) is 3. The van der Waals surface area contributed by atoms with E-state index < -0.39 is 23.7 Å². The first-order valence-corrected chi connectivity index (χ1v) is 8.68. The molecule has 150 valence electrons. The largest absolute Gasteiger partial charge is 0.416 e. The number of hydrogen-bond donors (Lipinski definition) is 2. The quantitative estimate of drug-likeness (QED) is 0.744. The minimum absolute atomic E-state index is 0.0614. The van der Waals surface area contributed by atoms with Crippen LogP contribution in [0.15, 0.2) is 48.5 Å². The Morgan fingerprint density at radius 2 is 1.71 bits per heavy atom. The first-order chi connectivity index (χ1) is 13.1. The lowest BCUT2D eigenvalue weighted by Gasteiger charge is -2.23. The molecule has 2 rings (SSSR count). The van der Waals surface area contributed by atoms with E-state index in [4.69, 9.17) is 11.6 Å². The van der Waals surface area contributed by atoms with Crippen LogP contribution in [0.4, 0.5) is 24.5 Å². The number of rotatable bonds is 6. The summed E-state index contributed by atoms with van der Waals surface area (Å²) in [5.41, 5.74) is -0.0252. The molecule has 0 radical (unpaired) electrons. The Morgan fingerprint density at radius 3 is 2.29 bits per heavy atom. The molecule has 2 amide bonds. The molecule has 0 saturated carbocycles. The number of halogens is 4. The fourth-order valence-electron chi connectivity index (χ4n) is 2.32. The van der Waals surface area contributed by atoms with Gasteiger partial charge in [-0.05, 0) is 56.4 Å². The molecule has 0 aliphatic rings. The van der Waals surface area contributed by atoms with Crippen LogP contribution in [0.2, 0.25) is 5.02 Å². The summed E-state index contributed by atoms with van der Waals surface area (Å²) in [5, 5.41) is 5.69. The van der Waals surface area contributed by atoms with E-state index in [9.17, 15) is 22.8 Å². The third-order valence-electron chi connectivity index (χ3n) is 4.02. The summed E-state index contributed by atoms with van der Waals surface area (Å²) in [5.74, 6) is -0.781. The molecule has 0 aromatic heterocycles. The Labute approximate surface area is 165 Å². The number of nitrogens with zero attached hydrogens (tertiary/aromatic N) is 1. The average molecular weight is 414 g/mol. The van der Waals surface area contributed by atoms with Gasteiger partial charge in [-0.1, -0.05) is 17.7 Å². The smallest absolute Gasteiger partial charge is 0.325 e. The molecule has 0 bridgehead atoms. The van der Waals surface area contributed by atoms with Crippen LogP contribution in [0.1, 0.15) is 12.5 Å². The molecule has 0 spiro atoms. The van der Waals surface area contributed by atoms with Crippen LogP contribution in [0.3, 0.4) is 0 Å². The minimum atomic E-state index is -4.44. The molecule has 28 heavy (non-hydrogen) atoms. The second-order valence-electron chi connectivity index (χ2n) is 6.21. The third kappa shape index (κ3) is 6.24. The van der Waals surface area contributed by atoms with Crippen LogP contribution in [-0.2, 0) is 15.8 Å². The van der Waals surface area contributed by atoms with Gasteiger partial charge in [-0.2, -0.15) is 13.2 Å². The molecule has 0 fully saturated rings. The number of nitrogens with one attached hydrogen (secondary N) is 2. The van der Waals surface area contributed by atoms with Gasteiger partial charge in [-0.15, -0.1) is 0 Å². The van der Waals surface area contributed by atoms with Crippen molar-refractivity contribution < 1.29 is 22.8 Å². The molecule has 2 N–H and O–H groups in total. The molecule has 0 heterocycles. The van der Waals surface area contributed by atoms with E-state index >= 15 is 0 Å². The first-order valence-electron chi connectivity index (χ1n) is 8.30. The van der Waals surface area contributed by atoms with Crippen LogP contribution in [0, 0.1) is 0 Å². The highest BCUT2D eigenvalue weighted by Gasteiger charge is 2.30. The lowest BCUT2D eigenvalue weighted by molar-refractivity contribution is -0.137. The van der Waals surface area contributed by atoms with Gasteiger partial charge in [0.15, 0.2) is 0 Å². The zero-order valence-electron chi connectivity index (χ0n) is 15.2. The Balaban J connectivity index is 1.90. The highest BCUT2D eigenvalue weighted by Crippen LogP contribution is 2.29. The molecule has 1 unspecified atom stereocenters. The Bertz CT molecular complexity index is 841. The van der Waals surface area contributed by atoms with Crippen LogP contribution in [0.25, 0.3) is 0 Å². The number of carbonyl (C=O) groups is 2. The van der Waals surface area contributed by atoms with Gasteiger partial charge in [-0.3, -0.25) is 14.5 Å². The van der Waals surface area contributed by atoms with Crippen molar-refractivity contribution in [2.24, 2.45) is 0 Å². The number of alkyl halides is 3. The van der Waals surface area contributed by atoms with Crippen molar-refractivity contribution in [3.8, 4) is 0 Å². The normalized spacial score (nSPS) is 12.5. The van der Waals surface area contributed by atoms with Crippen LogP contribution in [-0.4, -0.2) is 36.3 Å². The van der Waals surface area contributed by atoms with Gasteiger partial charge in [0, 0.05) is 16.4 Å². The number of amides is 2. The molecular formula is C19H19ClF3N3O2. The summed E-state index contributed by atoms with van der Waals surface area (Å²) in [4.78, 5) is 25.9. The standard InChI is InChI=1S/C19H19ClF3N3O2/c1-12(18(28)25-15-8-6-13(7-9-15)19(21,22)23)26(2)11-17(27)24-16-5-3-4-14(20)10-16/h3-10,12H,11H2,1-2H3,(H,24,27)(H,25,28). The Morgan fingerprint density at radius 1 is 1.07 bits per heavy atom. The van der Waals surface area contributed by atoms with Gasteiger partial charge < -0.3 is 10.6 Å². The maximum Gasteiger partial charge on any atom is 0.416 e. The monoisotopic (exact) mass is 413 g/mol. The van der Waals surface area contributed by atoms with E-state index in [0.717, 1.165) is 12.1 Å². The SMILES string of the molecule is CC(C(=O)Nc1ccc(C(F)(F)F)cc1)N(C)CC(=O)Nc1cccc(Cl)c1. The summed E-state index contributed by atoms with van der Waals surface area (Å²) in [6.07, 6.45) is -4.44. The fraction of sp³-hybridized carbons (Fsp3) is 0.263. The lowest BCUT2D eigenvalue weighted by Crippen LogP contribution is -2.43. The molecule has 5 nitrogen and oxygen atoms in total. The molecule has 2 aromatic carbocycles. The second kappa shape index (κ2) is 9.07. The van der Waals surface area contributed by atoms with Gasteiger partial charge in [0.1, 0.15) is 0 Å². The van der Waals surface area contributed by atoms with Gasteiger partial charge in [0.25, 0.3) is 0 Å². The van der Waals surface area contributed by atoms with Gasteiger partial charge in [0.05, 0.1) is 18.2 Å². The molecule has 2 aromatic rings. The summed E-state index contributed by atoms with van der Waals surface area (Å²) in [6, 6.07) is 10.1. The number of carbonyl (C=O) groups excluding carboxylic acids is 2. The van der Waals surface area contributed by atoms with Crippen LogP contribution >= 0.6 is 11.6 Å². The maximum atomic E-state index is 12.6. The van der Waals surface area contributed by atoms with Crippen molar-refractivity contribution in [3.05, 3.63) is 59.1 Å². The Kier molecular flexibility index (Phi) is 7.04. The average Bonchev–Trinajstić information content (AvgIpc) is 2.60. The van der Waals surface area contributed by atoms with Crippen LogP contribution in [0.5, 0.6) is 0 Å². The predicted octanol–water partition coefficient (Wildman–Crippen LogP) is 4.26. The maximum absolute atomic E-state index is 12.6. The van der Waals surface area contributed by atoms with Gasteiger partial charge in [-0.25, -0.2) is 0 Å². The molecular weight excluding hydrogens is 395 g/mol. The van der Waals surface area contributed by atoms with E-state index in [1.54, 1.807) is 38.2 Å². The number of benzene rings is 2. The van der Waals surface area contributed by atoms with E-state index in [1.807, 2.05) is 0 Å². The zero-order valence-corrected chi connectivity index (χ0v) is 15.9. The molecule has 1 atom stereocenters. The molecule has 0 saturated heterocycles. The first kappa shape index (κ1) is 21.7. The van der Waals surface area contributed by atoms with Crippen molar-refractivity contribution in [1.29, 1.82) is 0 Å². The summed E-state index contributed by atoms with van der Waals surface area (Å²) in [6.45, 7) is 1.53. The zero-order chi connectivity index (χ0) is 20.9. The number of anilines is 2. The predicted molar refractivity (Wildman–Crippen MR) is 102 cm³/mol. The molecule has 0 aliphatic carbocycles. The van der Waals surface area contributed by atoms with E-state index in [2.05, 4.69) is 10.6 Å². The van der Waals surface area contributed by atoms with Crippen LogP contribution < -0.4 is 10.6 Å². The summed E-state index contributed by atoms with van der Waals surface area (Å²) in [7, 11) is 1.59. The van der Waals surface area contributed by atoms with Crippen molar-refractivity contribution in [1.82, 2.24) is 4.90 Å². The highest BCUT2D eigenvalue weighted by atomic mass is 35.5. The highest BCUT2D eigenvalue weighted by molar-refractivity contribution is 6.30. The van der Waals surface area contributed by atoms with E-state index in [-0.39, 0.29) is 18.1 Å². The molecule has 9 heteroatoms. The summed E-state index contributed by atoms with van der Waals surface area (Å²) < 4.78 is 37.7.